The number of rotatable bonds is 2. The minimum Gasteiger partial charge on any atom is -0.859 e. The Kier molecular flexibility index (Phi) is 11.3. The van der Waals surface area contributed by atoms with E-state index in [0.29, 0.717) is 0 Å². The van der Waals surface area contributed by atoms with Crippen LogP contribution in [0.15, 0.2) is 17.4 Å². The number of aromatic carboxylic acids is 1. The molecule has 0 aliphatic heterocycles. The van der Waals surface area contributed by atoms with E-state index in [9.17, 15) is 9.59 Å². The summed E-state index contributed by atoms with van der Waals surface area (Å²) in [5.41, 5.74) is -0.0252. The van der Waals surface area contributed by atoms with Crippen molar-refractivity contribution in [1.82, 2.24) is 9.97 Å². The molecular formula is C9H15KN2O3SSi. The summed E-state index contributed by atoms with van der Waals surface area (Å²) in [6, 6.07) is 0. The van der Waals surface area contributed by atoms with Crippen LogP contribution in [0.3, 0.4) is 0 Å². The number of thioether (sulfide) groups is 1. The average molecular weight is 298 g/mol. The fourth-order valence-corrected chi connectivity index (χ4v) is 0.848. The van der Waals surface area contributed by atoms with Crippen molar-refractivity contribution in [2.24, 2.45) is 0 Å². The summed E-state index contributed by atoms with van der Waals surface area (Å²) in [7, 11) is -1.86. The number of carbonyl (C=O) groups is 1. The van der Waals surface area contributed by atoms with Gasteiger partial charge in [-0.15, -0.1) is 11.8 Å². The van der Waals surface area contributed by atoms with Gasteiger partial charge in [-0.2, -0.15) is 0 Å². The number of hydrogen-bond donors (Lipinski definition) is 1. The first kappa shape index (κ1) is 20.0. The van der Waals surface area contributed by atoms with Gasteiger partial charge >= 0.3 is 57.4 Å². The van der Waals surface area contributed by atoms with Gasteiger partial charge in [0.1, 0.15) is 5.03 Å². The molecule has 0 amide bonds. The molecule has 1 rings (SSSR count). The van der Waals surface area contributed by atoms with E-state index in [4.69, 9.17) is 5.11 Å². The molecule has 0 saturated carbocycles. The van der Waals surface area contributed by atoms with Crippen LogP contribution in [-0.2, 0) is 0 Å². The maximum absolute atomic E-state index is 10.3. The third-order valence-corrected chi connectivity index (χ3v) is 1.69. The molecule has 0 unspecified atom stereocenters. The standard InChI is InChI=1S/C6H6N2O2S.C3H9OSi.K/c1-11-5-3-7-4(2-8-5)6(9)10;1-5(2,3)4;/h2-3H,1H3,(H,9,10);1-3H3;/q;-1;+1. The topological polar surface area (TPSA) is 86.1 Å². The molecule has 0 aliphatic rings. The van der Waals surface area contributed by atoms with Gasteiger partial charge in [-0.3, -0.25) is 0 Å². The number of carboxylic acid groups (broad SMARTS) is 1. The van der Waals surface area contributed by atoms with E-state index in [1.165, 1.54) is 24.2 Å². The summed E-state index contributed by atoms with van der Waals surface area (Å²) < 4.78 is 0. The van der Waals surface area contributed by atoms with Gasteiger partial charge in [-0.25, -0.2) is 14.8 Å². The van der Waals surface area contributed by atoms with Gasteiger partial charge in [-0.05, 0) is 6.26 Å². The van der Waals surface area contributed by atoms with Gasteiger partial charge < -0.3 is 9.90 Å². The minimum atomic E-state index is -1.86. The second-order valence-electron chi connectivity index (χ2n) is 3.86. The van der Waals surface area contributed by atoms with E-state index in [-0.39, 0.29) is 57.1 Å². The molecule has 5 nitrogen and oxygen atoms in total. The summed E-state index contributed by atoms with van der Waals surface area (Å²) in [6.45, 7) is 5.31. The van der Waals surface area contributed by atoms with Crippen molar-refractivity contribution in [3.05, 3.63) is 18.1 Å². The number of hydrogen-bond acceptors (Lipinski definition) is 5. The molecule has 0 radical (unpaired) electrons. The average Bonchev–Trinajstić information content (AvgIpc) is 2.15. The second kappa shape index (κ2) is 9.62. The molecule has 90 valence electrons. The van der Waals surface area contributed by atoms with Gasteiger partial charge in [-0.1, -0.05) is 28.0 Å². The molecule has 1 N–H and O–H groups in total. The molecule has 0 aromatic carbocycles. The van der Waals surface area contributed by atoms with Gasteiger partial charge in [0.25, 0.3) is 0 Å². The first-order valence-corrected chi connectivity index (χ1v) is 9.17. The number of nitrogens with zero attached hydrogens (tertiary/aromatic N) is 2. The van der Waals surface area contributed by atoms with Crippen LogP contribution in [0, 0.1) is 0 Å². The molecule has 0 saturated heterocycles. The molecule has 1 heterocycles. The van der Waals surface area contributed by atoms with E-state index in [2.05, 4.69) is 9.97 Å². The monoisotopic (exact) mass is 298 g/mol. The summed E-state index contributed by atoms with van der Waals surface area (Å²) in [5.74, 6) is -1.05. The largest absolute Gasteiger partial charge is 1.00 e. The maximum Gasteiger partial charge on any atom is 1.00 e. The summed E-state index contributed by atoms with van der Waals surface area (Å²) >= 11 is 1.42. The molecule has 0 spiro atoms. The summed E-state index contributed by atoms with van der Waals surface area (Å²) in [4.78, 5) is 28.0. The van der Waals surface area contributed by atoms with Crippen molar-refractivity contribution in [2.45, 2.75) is 24.7 Å². The quantitative estimate of drug-likeness (QED) is 0.506. The first-order chi connectivity index (χ1) is 7.24. The minimum absolute atomic E-state index is 0. The fraction of sp³-hybridized carbons (Fsp3) is 0.444. The van der Waals surface area contributed by atoms with Crippen LogP contribution in [0.4, 0.5) is 0 Å². The Labute approximate surface area is 149 Å². The van der Waals surface area contributed by atoms with Crippen molar-refractivity contribution in [1.29, 1.82) is 0 Å². The van der Waals surface area contributed by atoms with Crippen LogP contribution >= 0.6 is 11.8 Å². The second-order valence-corrected chi connectivity index (χ2v) is 8.91. The predicted octanol–water partition coefficient (Wildman–Crippen LogP) is -1.92. The van der Waals surface area contributed by atoms with Crippen molar-refractivity contribution in [3.8, 4) is 0 Å². The van der Waals surface area contributed by atoms with Gasteiger partial charge in [0.05, 0.1) is 12.4 Å². The smallest absolute Gasteiger partial charge is 0.859 e. The SMILES string of the molecule is CSc1cnc(C(=O)O)cn1.C[Si](C)(C)[O-].[K+]. The van der Waals surface area contributed by atoms with E-state index in [1.54, 1.807) is 19.6 Å². The maximum atomic E-state index is 10.3. The van der Waals surface area contributed by atoms with Crippen LogP contribution < -0.4 is 56.2 Å². The Morgan fingerprint density at radius 1 is 1.35 bits per heavy atom. The van der Waals surface area contributed by atoms with Gasteiger partial charge in [0, 0.05) is 0 Å². The Morgan fingerprint density at radius 2 is 1.82 bits per heavy atom. The Balaban J connectivity index is 0. The first-order valence-electron chi connectivity index (χ1n) is 4.54. The Bertz CT molecular complexity index is 337. The van der Waals surface area contributed by atoms with Crippen LogP contribution in [0.2, 0.25) is 19.6 Å². The zero-order chi connectivity index (χ0) is 12.8. The molecule has 0 aliphatic carbocycles. The number of aromatic nitrogens is 2. The van der Waals surface area contributed by atoms with E-state index >= 15 is 0 Å². The van der Waals surface area contributed by atoms with Crippen molar-refractivity contribution >= 4 is 26.0 Å². The van der Waals surface area contributed by atoms with E-state index < -0.39 is 14.3 Å². The zero-order valence-corrected chi connectivity index (χ0v) is 15.7. The number of carboxylic acids is 1. The summed E-state index contributed by atoms with van der Waals surface area (Å²) in [6.07, 6.45) is 4.53. The Hall–Kier alpha value is 0.713. The predicted molar refractivity (Wildman–Crippen MR) is 64.1 cm³/mol. The van der Waals surface area contributed by atoms with Crippen molar-refractivity contribution in [3.63, 3.8) is 0 Å². The van der Waals surface area contributed by atoms with Crippen LogP contribution in [-0.4, -0.2) is 35.6 Å². The fourth-order valence-electron chi connectivity index (χ4n) is 0.532. The molecule has 17 heavy (non-hydrogen) atoms. The van der Waals surface area contributed by atoms with Crippen LogP contribution in [0.25, 0.3) is 0 Å². The summed E-state index contributed by atoms with van der Waals surface area (Å²) in [5, 5.41) is 9.16. The normalized spacial score (nSPS) is 9.71. The molecular weight excluding hydrogens is 283 g/mol. The van der Waals surface area contributed by atoms with Gasteiger partial charge in [0.15, 0.2) is 5.69 Å². The van der Waals surface area contributed by atoms with Crippen LogP contribution in [0.5, 0.6) is 0 Å². The van der Waals surface area contributed by atoms with Crippen LogP contribution in [0.1, 0.15) is 10.5 Å². The van der Waals surface area contributed by atoms with E-state index in [1.807, 2.05) is 6.26 Å². The van der Waals surface area contributed by atoms with Crippen molar-refractivity contribution < 1.29 is 66.1 Å². The third-order valence-electron chi connectivity index (χ3n) is 1.06. The molecule has 0 atom stereocenters. The third kappa shape index (κ3) is 13.0. The molecule has 0 bridgehead atoms. The molecule has 8 heteroatoms. The Morgan fingerprint density at radius 3 is 2.06 bits per heavy atom. The molecule has 1 aromatic heterocycles. The van der Waals surface area contributed by atoms with Gasteiger partial charge in [0.2, 0.25) is 0 Å². The molecule has 0 fully saturated rings. The van der Waals surface area contributed by atoms with E-state index in [0.717, 1.165) is 5.03 Å². The molecule has 1 aromatic rings. The zero-order valence-electron chi connectivity index (χ0n) is 10.7. The van der Waals surface area contributed by atoms with Crippen molar-refractivity contribution in [2.75, 3.05) is 6.26 Å².